The lowest BCUT2D eigenvalue weighted by molar-refractivity contribution is 0.498. The van der Waals surface area contributed by atoms with Crippen molar-refractivity contribution in [3.8, 4) is 6.07 Å². The van der Waals surface area contributed by atoms with Crippen molar-refractivity contribution < 1.29 is 9.07 Å². The summed E-state index contributed by atoms with van der Waals surface area (Å²) in [7, 11) is 5.45. The molecule has 0 fully saturated rings. The Kier molecular flexibility index (Phi) is 4.24. The molecule has 0 saturated heterocycles. The summed E-state index contributed by atoms with van der Waals surface area (Å²) in [4.78, 5) is 5.37. The van der Waals surface area contributed by atoms with E-state index in [1.807, 2.05) is 34.6 Å². The van der Waals surface area contributed by atoms with Crippen molar-refractivity contribution in [2.45, 2.75) is 34.6 Å². The number of allylic oxidation sites excluding steroid dienone is 1. The highest BCUT2D eigenvalue weighted by Gasteiger charge is 2.23. The van der Waals surface area contributed by atoms with Gasteiger partial charge in [0.05, 0.1) is 16.3 Å². The number of aromatic nitrogens is 1. The highest BCUT2D eigenvalue weighted by atomic mass is 32.1. The van der Waals surface area contributed by atoms with Crippen LogP contribution in [0, 0.1) is 45.9 Å². The number of thiazole rings is 1. The Morgan fingerprint density at radius 1 is 1.24 bits per heavy atom. The molecule has 2 rings (SSSR count). The molecule has 2 aromatic heterocycles. The van der Waals surface area contributed by atoms with E-state index < -0.39 is 0 Å². The van der Waals surface area contributed by atoms with Crippen LogP contribution in [0.15, 0.2) is 4.42 Å². The molecule has 2 heterocycles. The van der Waals surface area contributed by atoms with E-state index >= 15 is 0 Å². The first-order valence-corrected chi connectivity index (χ1v) is 7.24. The van der Waals surface area contributed by atoms with Crippen LogP contribution in [0.1, 0.15) is 38.2 Å². The first-order chi connectivity index (χ1) is 9.90. The van der Waals surface area contributed by atoms with Gasteiger partial charge in [-0.1, -0.05) is 0 Å². The van der Waals surface area contributed by atoms with E-state index in [9.17, 15) is 5.26 Å². The molecule has 2 aromatic rings. The van der Waals surface area contributed by atoms with Gasteiger partial charge in [-0.3, -0.25) is 0 Å². The van der Waals surface area contributed by atoms with E-state index in [0.717, 1.165) is 26.8 Å². The van der Waals surface area contributed by atoms with Gasteiger partial charge in [0.1, 0.15) is 28.9 Å². The molecule has 0 spiro atoms. The van der Waals surface area contributed by atoms with E-state index in [-0.39, 0.29) is 0 Å². The van der Waals surface area contributed by atoms with E-state index in [1.165, 1.54) is 11.3 Å². The van der Waals surface area contributed by atoms with Gasteiger partial charge in [-0.05, 0) is 34.6 Å². The van der Waals surface area contributed by atoms with Crippen molar-refractivity contribution in [1.29, 1.82) is 5.26 Å². The van der Waals surface area contributed by atoms with Crippen molar-refractivity contribution in [1.82, 2.24) is 4.98 Å². The van der Waals surface area contributed by atoms with Crippen molar-refractivity contribution in [3.05, 3.63) is 38.2 Å². The molecule has 4 nitrogen and oxygen atoms in total. The summed E-state index contributed by atoms with van der Waals surface area (Å²) in [5, 5.41) is 10.4. The summed E-state index contributed by atoms with van der Waals surface area (Å²) in [6, 6.07) is 2.16. The van der Waals surface area contributed by atoms with Gasteiger partial charge >= 0.3 is 8.05 Å². The fraction of sp³-hybridized carbons (Fsp3) is 0.333. The van der Waals surface area contributed by atoms with Gasteiger partial charge in [0.25, 0.3) is 0 Å². The van der Waals surface area contributed by atoms with Crippen LogP contribution >= 0.6 is 11.3 Å². The first kappa shape index (κ1) is 15.4. The standard InChI is InChI=1S/C15H15BN2O2S/c1-7-8(2)19-9(3)13(7)15(20-16)12(6-17)14-10(4)21-11(5)18-14/h1-5H3. The third-order valence-electron chi connectivity index (χ3n) is 3.39. The average Bonchev–Trinajstić information content (AvgIpc) is 2.88. The molecule has 6 heteroatoms. The maximum absolute atomic E-state index is 9.56. The SMILES string of the molecule is [B]OC(=C(C#N)c1nc(C)sc1C)c1c(C)oc(C)c1C. The van der Waals surface area contributed by atoms with Crippen LogP contribution in [0.25, 0.3) is 11.3 Å². The number of aryl methyl sites for hydroxylation is 4. The Balaban J connectivity index is 2.77. The number of hydrogen-bond donors (Lipinski definition) is 0. The van der Waals surface area contributed by atoms with E-state index in [0.29, 0.717) is 22.8 Å². The fourth-order valence-electron chi connectivity index (χ4n) is 2.34. The number of furan rings is 1. The van der Waals surface area contributed by atoms with Gasteiger partial charge in [-0.25, -0.2) is 4.98 Å². The molecule has 0 aliphatic heterocycles. The van der Waals surface area contributed by atoms with Gasteiger partial charge in [-0.15, -0.1) is 11.3 Å². The Morgan fingerprint density at radius 2 is 1.90 bits per heavy atom. The predicted octanol–water partition coefficient (Wildman–Crippen LogP) is 3.77. The molecule has 2 radical (unpaired) electrons. The third-order valence-corrected chi connectivity index (χ3v) is 4.27. The smallest absolute Gasteiger partial charge is 0.374 e. The largest absolute Gasteiger partial charge is 0.566 e. The quantitative estimate of drug-likeness (QED) is 0.491. The monoisotopic (exact) mass is 298 g/mol. The normalized spacial score (nSPS) is 12.0. The Morgan fingerprint density at radius 3 is 2.29 bits per heavy atom. The Labute approximate surface area is 129 Å². The highest BCUT2D eigenvalue weighted by molar-refractivity contribution is 7.11. The summed E-state index contributed by atoms with van der Waals surface area (Å²) < 4.78 is 10.6. The molecule has 0 amide bonds. The molecule has 21 heavy (non-hydrogen) atoms. The van der Waals surface area contributed by atoms with Gasteiger partial charge < -0.3 is 9.07 Å². The number of rotatable bonds is 3. The molecule has 0 aliphatic rings. The molecule has 0 N–H and O–H groups in total. The van der Waals surface area contributed by atoms with E-state index in [4.69, 9.17) is 17.1 Å². The van der Waals surface area contributed by atoms with Gasteiger partial charge in [-0.2, -0.15) is 5.26 Å². The van der Waals surface area contributed by atoms with Crippen molar-refractivity contribution >= 4 is 30.7 Å². The Hall–Kier alpha value is -2.00. The molecule has 0 aromatic carbocycles. The molecule has 0 saturated carbocycles. The van der Waals surface area contributed by atoms with Gasteiger partial charge in [0, 0.05) is 10.4 Å². The minimum absolute atomic E-state index is 0.303. The van der Waals surface area contributed by atoms with Crippen molar-refractivity contribution in [3.63, 3.8) is 0 Å². The lowest BCUT2D eigenvalue weighted by atomic mass is 10.0. The van der Waals surface area contributed by atoms with Gasteiger partial charge in [0.15, 0.2) is 0 Å². The second-order valence-electron chi connectivity index (χ2n) is 4.79. The summed E-state index contributed by atoms with van der Waals surface area (Å²) in [6.07, 6.45) is 0. The van der Waals surface area contributed by atoms with E-state index in [2.05, 4.69) is 11.1 Å². The van der Waals surface area contributed by atoms with E-state index in [1.54, 1.807) is 0 Å². The summed E-state index contributed by atoms with van der Waals surface area (Å²) in [5.41, 5.74) is 2.56. The second-order valence-corrected chi connectivity index (χ2v) is 6.19. The zero-order valence-corrected chi connectivity index (χ0v) is 13.5. The fourth-order valence-corrected chi connectivity index (χ4v) is 3.17. The second kappa shape index (κ2) is 5.78. The Bertz CT molecular complexity index is 765. The predicted molar refractivity (Wildman–Crippen MR) is 83.8 cm³/mol. The molecular weight excluding hydrogens is 283 g/mol. The lowest BCUT2D eigenvalue weighted by Gasteiger charge is -2.10. The minimum Gasteiger partial charge on any atom is -0.566 e. The van der Waals surface area contributed by atoms with Crippen LogP contribution in [-0.2, 0) is 4.65 Å². The topological polar surface area (TPSA) is 59.0 Å². The summed E-state index contributed by atoms with van der Waals surface area (Å²) in [6.45, 7) is 9.42. The molecule has 0 bridgehead atoms. The molecular formula is C15H15BN2O2S. The van der Waals surface area contributed by atoms with Crippen LogP contribution < -0.4 is 0 Å². The van der Waals surface area contributed by atoms with Crippen LogP contribution in [0.2, 0.25) is 0 Å². The number of hydrogen-bond acceptors (Lipinski definition) is 5. The molecule has 106 valence electrons. The molecule has 0 aliphatic carbocycles. The minimum atomic E-state index is 0.303. The zero-order chi connectivity index (χ0) is 15.7. The maximum atomic E-state index is 9.56. The van der Waals surface area contributed by atoms with Crippen LogP contribution in [0.5, 0.6) is 0 Å². The van der Waals surface area contributed by atoms with Crippen LogP contribution in [-0.4, -0.2) is 13.0 Å². The van der Waals surface area contributed by atoms with Crippen molar-refractivity contribution in [2.24, 2.45) is 0 Å². The zero-order valence-electron chi connectivity index (χ0n) is 12.7. The lowest BCUT2D eigenvalue weighted by Crippen LogP contribution is -1.98. The first-order valence-electron chi connectivity index (χ1n) is 6.43. The van der Waals surface area contributed by atoms with Gasteiger partial charge in [0.2, 0.25) is 0 Å². The van der Waals surface area contributed by atoms with Crippen LogP contribution in [0.3, 0.4) is 0 Å². The molecule has 0 unspecified atom stereocenters. The van der Waals surface area contributed by atoms with Crippen molar-refractivity contribution in [2.75, 3.05) is 0 Å². The summed E-state index contributed by atoms with van der Waals surface area (Å²) >= 11 is 1.53. The molecule has 0 atom stereocenters. The number of nitrogens with zero attached hydrogens (tertiary/aromatic N) is 2. The average molecular weight is 298 g/mol. The maximum Gasteiger partial charge on any atom is 0.374 e. The highest BCUT2D eigenvalue weighted by Crippen LogP contribution is 2.35. The van der Waals surface area contributed by atoms with Crippen LogP contribution in [0.4, 0.5) is 0 Å². The third kappa shape index (κ3) is 2.61. The summed E-state index contributed by atoms with van der Waals surface area (Å²) in [5.74, 6) is 1.75. The number of nitriles is 1.